The molecule has 2 aromatic carbocycles. The number of benzene rings is 2. The molecule has 0 saturated heterocycles. The molecule has 0 spiro atoms. The number of halogens is 3. The van der Waals surface area contributed by atoms with Gasteiger partial charge in [-0.3, -0.25) is 4.79 Å². The van der Waals surface area contributed by atoms with E-state index in [0.717, 1.165) is 5.56 Å². The van der Waals surface area contributed by atoms with Crippen molar-refractivity contribution in [2.75, 3.05) is 23.9 Å². The van der Waals surface area contributed by atoms with Crippen molar-refractivity contribution in [2.45, 2.75) is 31.8 Å². The molecule has 6 nitrogen and oxygen atoms in total. The van der Waals surface area contributed by atoms with E-state index in [1.807, 2.05) is 24.3 Å². The van der Waals surface area contributed by atoms with Crippen LogP contribution in [0.4, 0.5) is 11.4 Å². The Bertz CT molecular complexity index is 1050. The van der Waals surface area contributed by atoms with Gasteiger partial charge in [-0.2, -0.15) is 0 Å². The van der Waals surface area contributed by atoms with Crippen LogP contribution in [0.25, 0.3) is 0 Å². The van der Waals surface area contributed by atoms with E-state index >= 15 is 0 Å². The van der Waals surface area contributed by atoms with Crippen molar-refractivity contribution >= 4 is 58.9 Å². The maximum atomic E-state index is 12.8. The zero-order chi connectivity index (χ0) is 22.5. The zero-order valence-corrected chi connectivity index (χ0v) is 20.0. The lowest BCUT2D eigenvalue weighted by atomic mass is 9.90. The third-order valence-corrected chi connectivity index (χ3v) is 5.62. The van der Waals surface area contributed by atoms with Gasteiger partial charge in [0, 0.05) is 46.7 Å². The van der Waals surface area contributed by atoms with Gasteiger partial charge in [-0.1, -0.05) is 47.2 Å². The number of ether oxygens (including phenoxy) is 1. The van der Waals surface area contributed by atoms with Crippen molar-refractivity contribution in [1.82, 2.24) is 0 Å². The lowest BCUT2D eigenvalue weighted by Crippen LogP contribution is -2.43. The van der Waals surface area contributed by atoms with Gasteiger partial charge < -0.3 is 20.7 Å². The Morgan fingerprint density at radius 2 is 1.91 bits per heavy atom. The average molecular weight is 497 g/mol. The number of carbonyl (C=O) groups excluding carboxylic acids is 2. The third kappa shape index (κ3) is 5.67. The number of amides is 1. The highest BCUT2D eigenvalue weighted by atomic mass is 35.5. The molecule has 170 valence electrons. The van der Waals surface area contributed by atoms with Crippen molar-refractivity contribution < 1.29 is 14.3 Å². The highest BCUT2D eigenvalue weighted by Gasteiger charge is 2.38. The molecule has 2 unspecified atom stereocenters. The highest BCUT2D eigenvalue weighted by Crippen LogP contribution is 2.44. The molecule has 0 fully saturated rings. The maximum absolute atomic E-state index is 12.8. The van der Waals surface area contributed by atoms with E-state index in [1.165, 1.54) is 14.0 Å². The van der Waals surface area contributed by atoms with E-state index in [-0.39, 0.29) is 18.3 Å². The van der Waals surface area contributed by atoms with Crippen molar-refractivity contribution in [1.29, 1.82) is 0 Å². The first-order valence-corrected chi connectivity index (χ1v) is 10.5. The molecule has 0 radical (unpaired) electrons. The van der Waals surface area contributed by atoms with Crippen molar-refractivity contribution in [3.63, 3.8) is 0 Å². The van der Waals surface area contributed by atoms with Gasteiger partial charge in [0.2, 0.25) is 5.91 Å². The smallest absolute Gasteiger partial charge is 0.328 e. The van der Waals surface area contributed by atoms with Gasteiger partial charge >= 0.3 is 5.97 Å². The van der Waals surface area contributed by atoms with E-state index < -0.39 is 18.1 Å². The molecule has 1 aliphatic rings. The number of carbonyl (C=O) groups is 2. The van der Waals surface area contributed by atoms with Crippen molar-refractivity contribution in [3.8, 4) is 11.8 Å². The van der Waals surface area contributed by atoms with Crippen LogP contribution in [0.5, 0.6) is 0 Å². The van der Waals surface area contributed by atoms with Crippen LogP contribution in [0.2, 0.25) is 10.0 Å². The molecule has 32 heavy (non-hydrogen) atoms. The van der Waals surface area contributed by atoms with Crippen molar-refractivity contribution in [3.05, 3.63) is 57.6 Å². The van der Waals surface area contributed by atoms with Crippen LogP contribution in [0.1, 0.15) is 30.5 Å². The van der Waals surface area contributed by atoms with Crippen LogP contribution in [-0.2, 0) is 20.7 Å². The Morgan fingerprint density at radius 3 is 2.50 bits per heavy atom. The van der Waals surface area contributed by atoms with E-state index in [4.69, 9.17) is 33.7 Å². The van der Waals surface area contributed by atoms with Gasteiger partial charge in [-0.15, -0.1) is 12.4 Å². The van der Waals surface area contributed by atoms with E-state index in [2.05, 4.69) is 17.2 Å². The Morgan fingerprint density at radius 1 is 1.22 bits per heavy atom. The first-order valence-electron chi connectivity index (χ1n) is 9.73. The topological polar surface area (TPSA) is 84.7 Å². The van der Waals surface area contributed by atoms with Crippen LogP contribution in [-0.4, -0.2) is 31.6 Å². The van der Waals surface area contributed by atoms with Crippen LogP contribution < -0.4 is 16.0 Å². The average Bonchev–Trinajstić information content (AvgIpc) is 2.73. The second-order valence-corrected chi connectivity index (χ2v) is 7.95. The van der Waals surface area contributed by atoms with Crippen molar-refractivity contribution in [2.24, 2.45) is 5.73 Å². The number of anilines is 2. The summed E-state index contributed by atoms with van der Waals surface area (Å²) in [6, 6.07) is 9.75. The van der Waals surface area contributed by atoms with Crippen LogP contribution >= 0.6 is 35.6 Å². The number of nitrogens with one attached hydrogen (secondary N) is 1. The summed E-state index contributed by atoms with van der Waals surface area (Å²) in [5.41, 5.74) is 8.41. The molecule has 2 aromatic rings. The molecule has 3 rings (SSSR count). The minimum absolute atomic E-state index is 0. The van der Waals surface area contributed by atoms with E-state index in [1.54, 1.807) is 17.0 Å². The number of nitrogens with two attached hydrogens (primary N) is 1. The standard InChI is InChI=1S/C23H23Cl2N3O3.ClH/c1-14(29)28(17-8-6-15(7-9-17)5-3-4-10-26)21-13-20(23(30)31-2)27-19-12-16(24)11-18(25)22(19)21;/h6-9,11-12,20-21,27H,5,10,13,26H2,1-2H3;1H. The van der Waals surface area contributed by atoms with Crippen LogP contribution in [0.15, 0.2) is 36.4 Å². The highest BCUT2D eigenvalue weighted by molar-refractivity contribution is 6.35. The Labute approximate surface area is 203 Å². The number of hydrogen-bond acceptors (Lipinski definition) is 5. The molecule has 2 atom stereocenters. The molecule has 3 N–H and O–H groups in total. The molecule has 1 heterocycles. The van der Waals surface area contributed by atoms with Gasteiger partial charge in [0.25, 0.3) is 0 Å². The minimum atomic E-state index is -0.648. The Balaban J connectivity index is 0.00000363. The normalized spacial score (nSPS) is 16.4. The van der Waals surface area contributed by atoms with Gasteiger partial charge in [-0.25, -0.2) is 4.79 Å². The van der Waals surface area contributed by atoms with Gasteiger partial charge in [-0.05, 0) is 29.8 Å². The predicted octanol–water partition coefficient (Wildman–Crippen LogP) is 4.37. The SMILES string of the molecule is COC(=O)C1CC(N(C(C)=O)c2ccc(CC#CCN)cc2)c2c(Cl)cc(Cl)cc2N1.Cl. The first kappa shape index (κ1) is 25.8. The fraction of sp³-hybridized carbons (Fsp3) is 0.304. The Kier molecular flexibility index (Phi) is 9.23. The van der Waals surface area contributed by atoms with Gasteiger partial charge in [0.1, 0.15) is 6.04 Å². The molecule has 9 heteroatoms. The second kappa shape index (κ2) is 11.4. The molecular formula is C23H24Cl3N3O3. The van der Waals surface area contributed by atoms with Gasteiger partial charge in [0.15, 0.2) is 0 Å². The summed E-state index contributed by atoms with van der Waals surface area (Å²) in [5, 5.41) is 3.98. The fourth-order valence-electron chi connectivity index (χ4n) is 3.75. The molecule has 1 aliphatic heterocycles. The summed E-state index contributed by atoms with van der Waals surface area (Å²) in [5.74, 6) is 5.22. The molecule has 0 bridgehead atoms. The first-order chi connectivity index (χ1) is 14.8. The molecule has 0 aliphatic carbocycles. The molecule has 0 saturated carbocycles. The zero-order valence-electron chi connectivity index (χ0n) is 17.7. The summed E-state index contributed by atoms with van der Waals surface area (Å²) in [4.78, 5) is 26.7. The molecular weight excluding hydrogens is 473 g/mol. The fourth-order valence-corrected chi connectivity index (χ4v) is 4.37. The van der Waals surface area contributed by atoms with Gasteiger partial charge in [0.05, 0.1) is 19.7 Å². The number of rotatable bonds is 4. The number of esters is 1. The predicted molar refractivity (Wildman–Crippen MR) is 131 cm³/mol. The van der Waals surface area contributed by atoms with E-state index in [0.29, 0.717) is 46.4 Å². The summed E-state index contributed by atoms with van der Waals surface area (Å²) >= 11 is 12.7. The number of nitrogens with zero attached hydrogens (tertiary/aromatic N) is 1. The largest absolute Gasteiger partial charge is 0.467 e. The van der Waals surface area contributed by atoms with Crippen LogP contribution in [0, 0.1) is 11.8 Å². The lowest BCUT2D eigenvalue weighted by molar-refractivity contribution is -0.142. The minimum Gasteiger partial charge on any atom is -0.467 e. The number of hydrogen-bond donors (Lipinski definition) is 2. The quantitative estimate of drug-likeness (QED) is 0.485. The Hall–Kier alpha value is -2.43. The second-order valence-electron chi connectivity index (χ2n) is 7.11. The monoisotopic (exact) mass is 495 g/mol. The summed E-state index contributed by atoms with van der Waals surface area (Å²) in [6.45, 7) is 1.80. The number of fused-ring (bicyclic) bond motifs is 1. The summed E-state index contributed by atoms with van der Waals surface area (Å²) < 4.78 is 4.93. The molecule has 1 amide bonds. The number of methoxy groups -OCH3 is 1. The third-order valence-electron chi connectivity index (χ3n) is 5.09. The maximum Gasteiger partial charge on any atom is 0.328 e. The summed E-state index contributed by atoms with van der Waals surface area (Å²) in [7, 11) is 1.33. The van der Waals surface area contributed by atoms with E-state index in [9.17, 15) is 9.59 Å². The summed E-state index contributed by atoms with van der Waals surface area (Å²) in [6.07, 6.45) is 0.868. The lowest BCUT2D eigenvalue weighted by Gasteiger charge is -2.39. The van der Waals surface area contributed by atoms with Crippen LogP contribution in [0.3, 0.4) is 0 Å². The molecule has 0 aromatic heterocycles.